The van der Waals surface area contributed by atoms with Gasteiger partial charge in [0, 0.05) is 74.7 Å². The number of hydrogen-bond donors (Lipinski definition) is 5. The van der Waals surface area contributed by atoms with Gasteiger partial charge in [0.25, 0.3) is 0 Å². The zero-order valence-electron chi connectivity index (χ0n) is 58.7. The molecule has 0 saturated heterocycles. The normalized spacial score (nSPS) is 12.8. The zero-order chi connectivity index (χ0) is 68.0. The molecule has 13 aromatic rings. The van der Waals surface area contributed by atoms with E-state index in [2.05, 4.69) is 110 Å². The summed E-state index contributed by atoms with van der Waals surface area (Å²) in [6, 6.07) is 74.3. The van der Waals surface area contributed by atoms with Crippen LogP contribution < -0.4 is 26.6 Å². The Morgan fingerprint density at radius 2 is 0.593 bits per heavy atom. The summed E-state index contributed by atoms with van der Waals surface area (Å²) < 4.78 is 117. The standard InChI is InChI=1S/C23H18N2.C18H16N2.C18H15N.C16H13N/c1-2-5-18(6-3-1)19-8-12-22(13-9-19)25-23-14-10-20(11-15-23)21-7-4-16-24-17-21;1-3-8-15(9-4-1)19-17-12-7-13-18(14-17)20-16-10-5-2-6-11-16;1-3-7-15(8-4-1)16-11-13-18(14-12-16)19-17-9-5-2-6-10-17;1-2-9-14(10-3-1)17-16-12-6-8-13-7-4-5-11-15(13)16/h1-17,25H;1-14,19-20H;1-14,19H;1-12,17H/i;1D,3D,4D,8D,9D;2D,5D,6D,9D,10D;1D,2D,3D,9D,10D. The van der Waals surface area contributed by atoms with Crippen LogP contribution in [0, 0.1) is 0 Å². The van der Waals surface area contributed by atoms with Gasteiger partial charge in [0.15, 0.2) is 0 Å². The molecule has 0 atom stereocenters. The highest BCUT2D eigenvalue weighted by molar-refractivity contribution is 5.95. The SMILES string of the molecule is [2H]c1c([2H])c([2H])c(Nc2ccc(-c3ccccc3)cc2)c([2H])c1[2H].[2H]c1c([2H])c([2H])c(Nc2cccc(Nc3ccccc3)c2)c([2H])c1[2H].[2H]c1c([2H])c([2H])c(Nc2cccc3ccccc23)c([2H])c1[2H].c1ccc(-c2ccc(Nc3ccc(-c4cccnc4)cc3)cc2)cc1. The van der Waals surface area contributed by atoms with Crippen molar-refractivity contribution in [3.05, 3.63) is 346 Å². The molecule has 81 heavy (non-hydrogen) atoms. The lowest BCUT2D eigenvalue weighted by Gasteiger charge is -2.10. The number of nitrogens with one attached hydrogen (secondary N) is 5. The Morgan fingerprint density at radius 1 is 0.247 bits per heavy atom. The Kier molecular flexibility index (Phi) is 13.3. The second-order valence-electron chi connectivity index (χ2n) is 17.8. The number of rotatable bonds is 13. The third kappa shape index (κ3) is 16.3. The van der Waals surface area contributed by atoms with E-state index in [1.807, 2.05) is 164 Å². The molecule has 0 aliphatic rings. The first-order valence-corrected chi connectivity index (χ1v) is 25.8. The molecule has 0 saturated carbocycles. The van der Waals surface area contributed by atoms with Crippen molar-refractivity contribution >= 4 is 67.6 Å². The van der Waals surface area contributed by atoms with Crippen LogP contribution in [0.3, 0.4) is 0 Å². The molecule has 6 heteroatoms. The Bertz CT molecular complexity index is 4650. The first-order chi connectivity index (χ1) is 46.3. The van der Waals surface area contributed by atoms with Gasteiger partial charge in [0.2, 0.25) is 0 Å². The molecule has 0 bridgehead atoms. The van der Waals surface area contributed by atoms with E-state index in [0.717, 1.165) is 55.8 Å². The molecule has 0 amide bonds. The van der Waals surface area contributed by atoms with Gasteiger partial charge in [-0.25, -0.2) is 0 Å². The van der Waals surface area contributed by atoms with Crippen molar-refractivity contribution in [2.24, 2.45) is 0 Å². The molecular weight excluding hydrogens is 985 g/mol. The van der Waals surface area contributed by atoms with E-state index in [4.69, 9.17) is 20.6 Å². The number of pyridine rings is 1. The van der Waals surface area contributed by atoms with E-state index in [0.29, 0.717) is 17.1 Å². The van der Waals surface area contributed by atoms with Crippen LogP contribution in [0.25, 0.3) is 44.2 Å². The van der Waals surface area contributed by atoms with E-state index < -0.39 is 18.1 Å². The number of benzene rings is 12. The van der Waals surface area contributed by atoms with Gasteiger partial charge >= 0.3 is 0 Å². The van der Waals surface area contributed by atoms with Crippen LogP contribution in [0.2, 0.25) is 0 Å². The first-order valence-electron chi connectivity index (χ1n) is 33.3. The third-order valence-corrected chi connectivity index (χ3v) is 12.2. The lowest BCUT2D eigenvalue weighted by atomic mass is 10.1. The van der Waals surface area contributed by atoms with Crippen molar-refractivity contribution in [1.29, 1.82) is 0 Å². The fourth-order valence-corrected chi connectivity index (χ4v) is 8.26. The molecule has 0 radical (unpaired) electrons. The van der Waals surface area contributed by atoms with E-state index in [9.17, 15) is 0 Å². The Labute approximate surface area is 497 Å². The van der Waals surface area contributed by atoms with Crippen LogP contribution >= 0.6 is 0 Å². The molecule has 0 spiro atoms. The average Bonchev–Trinajstić information content (AvgIpc) is 0.824. The fraction of sp³-hybridized carbons (Fsp3) is 0. The predicted octanol–water partition coefficient (Wildman–Crippen LogP) is 21.0. The molecule has 5 N–H and O–H groups in total. The van der Waals surface area contributed by atoms with Crippen molar-refractivity contribution in [3.8, 4) is 33.4 Å². The Balaban J connectivity index is 0.000000139. The second-order valence-corrected chi connectivity index (χ2v) is 17.8. The van der Waals surface area contributed by atoms with Crippen LogP contribution in [0.15, 0.2) is 346 Å². The molecule has 1 heterocycles. The summed E-state index contributed by atoms with van der Waals surface area (Å²) in [6.07, 6.45) is 3.67. The van der Waals surface area contributed by atoms with Crippen LogP contribution in [0.1, 0.15) is 20.6 Å². The van der Waals surface area contributed by atoms with Crippen LogP contribution in [-0.2, 0) is 0 Å². The van der Waals surface area contributed by atoms with Gasteiger partial charge in [-0.3, -0.25) is 4.98 Å². The van der Waals surface area contributed by atoms with Crippen LogP contribution in [0.5, 0.6) is 0 Å². The largest absolute Gasteiger partial charge is 0.356 e. The van der Waals surface area contributed by atoms with Crippen molar-refractivity contribution in [1.82, 2.24) is 4.98 Å². The molecule has 6 nitrogen and oxygen atoms in total. The lowest BCUT2D eigenvalue weighted by Crippen LogP contribution is -1.93. The molecule has 392 valence electrons. The summed E-state index contributed by atoms with van der Waals surface area (Å²) in [5, 5.41) is 17.5. The summed E-state index contributed by atoms with van der Waals surface area (Å²) in [5.41, 5.74) is 13.0. The first kappa shape index (κ1) is 37.8. The van der Waals surface area contributed by atoms with Crippen LogP contribution in [0.4, 0.5) is 56.9 Å². The topological polar surface area (TPSA) is 73.0 Å². The van der Waals surface area contributed by atoms with Gasteiger partial charge in [-0.15, -0.1) is 0 Å². The maximum Gasteiger partial charge on any atom is 0.0645 e. The molecule has 0 aliphatic carbocycles. The maximum absolute atomic E-state index is 7.97. The highest BCUT2D eigenvalue weighted by Gasteiger charge is 2.04. The van der Waals surface area contributed by atoms with Crippen LogP contribution in [-0.4, -0.2) is 4.98 Å². The monoisotopic (exact) mass is 1060 g/mol. The van der Waals surface area contributed by atoms with Gasteiger partial charge in [-0.2, -0.15) is 0 Å². The maximum atomic E-state index is 7.97. The molecule has 1 aromatic heterocycles. The number of para-hydroxylation sites is 4. The number of hydrogen-bond acceptors (Lipinski definition) is 6. The van der Waals surface area contributed by atoms with E-state index in [1.54, 1.807) is 12.3 Å². The minimum Gasteiger partial charge on any atom is -0.356 e. The van der Waals surface area contributed by atoms with Gasteiger partial charge in [-0.1, -0.05) is 218 Å². The van der Waals surface area contributed by atoms with Gasteiger partial charge in [0.05, 0.1) is 20.6 Å². The summed E-state index contributed by atoms with van der Waals surface area (Å²) >= 11 is 0. The molecule has 0 unspecified atom stereocenters. The third-order valence-electron chi connectivity index (χ3n) is 12.2. The molecule has 13 rings (SSSR count). The molecular formula is C75H62N6. The summed E-state index contributed by atoms with van der Waals surface area (Å²) in [5.74, 6) is 0. The summed E-state index contributed by atoms with van der Waals surface area (Å²) in [7, 11) is 0. The predicted molar refractivity (Wildman–Crippen MR) is 346 cm³/mol. The smallest absolute Gasteiger partial charge is 0.0645 e. The molecule has 12 aromatic carbocycles. The van der Waals surface area contributed by atoms with Crippen molar-refractivity contribution in [3.63, 3.8) is 0 Å². The second kappa shape index (κ2) is 28.4. The van der Waals surface area contributed by atoms with Crippen molar-refractivity contribution in [2.75, 3.05) is 26.6 Å². The number of aromatic nitrogens is 1. The Morgan fingerprint density at radius 3 is 1.09 bits per heavy atom. The minimum absolute atomic E-state index is 0.0582. The summed E-state index contributed by atoms with van der Waals surface area (Å²) in [4.78, 5) is 4.17. The van der Waals surface area contributed by atoms with E-state index in [-0.39, 0.29) is 89.6 Å². The number of fused-ring (bicyclic) bond motifs is 1. The van der Waals surface area contributed by atoms with Gasteiger partial charge < -0.3 is 26.6 Å². The van der Waals surface area contributed by atoms with Crippen molar-refractivity contribution < 1.29 is 20.6 Å². The average molecular weight is 1060 g/mol. The molecule has 0 fully saturated rings. The highest BCUT2D eigenvalue weighted by atomic mass is 14.9. The van der Waals surface area contributed by atoms with Gasteiger partial charge in [-0.05, 0) is 154 Å². The minimum atomic E-state index is -0.403. The Hall–Kier alpha value is -11.0. The highest BCUT2D eigenvalue weighted by Crippen LogP contribution is 2.29. The van der Waals surface area contributed by atoms with E-state index >= 15 is 0 Å². The quantitative estimate of drug-likeness (QED) is 0.0792. The van der Waals surface area contributed by atoms with Gasteiger partial charge in [0.1, 0.15) is 0 Å². The number of nitrogens with zero attached hydrogens (tertiary/aromatic N) is 1. The van der Waals surface area contributed by atoms with E-state index in [1.165, 1.54) is 11.1 Å². The fourth-order valence-electron chi connectivity index (χ4n) is 8.26. The summed E-state index contributed by atoms with van der Waals surface area (Å²) in [6.45, 7) is 0. The van der Waals surface area contributed by atoms with Crippen molar-refractivity contribution in [2.45, 2.75) is 0 Å². The lowest BCUT2D eigenvalue weighted by molar-refractivity contribution is 1.33. The zero-order valence-corrected chi connectivity index (χ0v) is 43.7. The molecule has 0 aliphatic heterocycles. The number of anilines is 10.